The highest BCUT2D eigenvalue weighted by Crippen LogP contribution is 2.41. The molecule has 110 valence electrons. The number of carbonyl (C=O) groups is 1. The van der Waals surface area contributed by atoms with E-state index in [0.717, 1.165) is 6.42 Å². The average Bonchev–Trinajstić information content (AvgIpc) is 2.72. The van der Waals surface area contributed by atoms with Gasteiger partial charge in [0, 0.05) is 23.0 Å². The van der Waals surface area contributed by atoms with E-state index in [-0.39, 0.29) is 29.0 Å². The van der Waals surface area contributed by atoms with Gasteiger partial charge in [-0.25, -0.2) is 0 Å². The van der Waals surface area contributed by atoms with Crippen molar-refractivity contribution >= 4 is 17.7 Å². The molecule has 2 rings (SSSR count). The normalized spacial score (nSPS) is 26.5. The molecule has 0 spiro atoms. The van der Waals surface area contributed by atoms with Crippen LogP contribution in [0.15, 0.2) is 35.2 Å². The van der Waals surface area contributed by atoms with Crippen LogP contribution in [0.4, 0.5) is 0 Å². The number of carbonyl (C=O) groups excluding carboxylic acids is 1. The van der Waals surface area contributed by atoms with E-state index in [0.29, 0.717) is 0 Å². The first-order chi connectivity index (χ1) is 9.38. The highest BCUT2D eigenvalue weighted by Gasteiger charge is 2.43. The van der Waals surface area contributed by atoms with Gasteiger partial charge < -0.3 is 9.47 Å². The van der Waals surface area contributed by atoms with Crippen LogP contribution in [0.3, 0.4) is 0 Å². The predicted octanol–water partition coefficient (Wildman–Crippen LogP) is 3.67. The summed E-state index contributed by atoms with van der Waals surface area (Å²) >= 11 is 1.80. The van der Waals surface area contributed by atoms with Gasteiger partial charge in [-0.3, -0.25) is 4.79 Å². The molecule has 1 saturated heterocycles. The smallest absolute Gasteiger partial charge is 0.302 e. The summed E-state index contributed by atoms with van der Waals surface area (Å²) in [6, 6.07) is 10.3. The number of esters is 1. The van der Waals surface area contributed by atoms with E-state index in [1.54, 1.807) is 11.8 Å². The fourth-order valence-electron chi connectivity index (χ4n) is 2.47. The minimum atomic E-state index is -0.236. The Balaban J connectivity index is 2.02. The van der Waals surface area contributed by atoms with Crippen molar-refractivity contribution in [1.82, 2.24) is 0 Å². The maximum atomic E-state index is 11.1. The fraction of sp³-hybridized carbons (Fsp3) is 0.562. The second-order valence-corrected chi connectivity index (χ2v) is 7.46. The molecule has 1 heterocycles. The Bertz CT molecular complexity index is 458. The lowest BCUT2D eigenvalue weighted by molar-refractivity contribution is -0.148. The van der Waals surface area contributed by atoms with Crippen molar-refractivity contribution in [2.24, 2.45) is 0 Å². The summed E-state index contributed by atoms with van der Waals surface area (Å²) in [5.41, 5.74) is 0. The largest absolute Gasteiger partial charge is 0.460 e. The van der Waals surface area contributed by atoms with Crippen LogP contribution in [-0.4, -0.2) is 29.0 Å². The number of ether oxygens (including phenoxy) is 2. The first-order valence-electron chi connectivity index (χ1n) is 6.95. The van der Waals surface area contributed by atoms with Gasteiger partial charge in [-0.15, -0.1) is 11.8 Å². The third-order valence-electron chi connectivity index (χ3n) is 3.57. The van der Waals surface area contributed by atoms with Crippen LogP contribution in [0, 0.1) is 0 Å². The second-order valence-electron chi connectivity index (χ2n) is 5.73. The first-order valence-corrected chi connectivity index (χ1v) is 7.77. The minimum Gasteiger partial charge on any atom is -0.460 e. The number of thioether (sulfide) groups is 1. The van der Waals surface area contributed by atoms with E-state index in [1.807, 2.05) is 25.1 Å². The second kappa shape index (κ2) is 6.19. The van der Waals surface area contributed by atoms with Crippen LogP contribution in [0.2, 0.25) is 0 Å². The molecule has 1 fully saturated rings. The quantitative estimate of drug-likeness (QED) is 0.627. The van der Waals surface area contributed by atoms with Crippen molar-refractivity contribution in [1.29, 1.82) is 0 Å². The van der Waals surface area contributed by atoms with Crippen LogP contribution in [-0.2, 0) is 14.3 Å². The molecule has 1 aromatic rings. The van der Waals surface area contributed by atoms with Crippen molar-refractivity contribution in [2.45, 2.75) is 62.1 Å². The zero-order chi connectivity index (χ0) is 14.8. The molecule has 3 atom stereocenters. The summed E-state index contributed by atoms with van der Waals surface area (Å²) in [5.74, 6) is -0.236. The molecule has 0 amide bonds. The van der Waals surface area contributed by atoms with Crippen molar-refractivity contribution in [3.8, 4) is 0 Å². The molecular formula is C16H22O3S. The molecule has 1 aromatic carbocycles. The van der Waals surface area contributed by atoms with Crippen LogP contribution in [0.1, 0.15) is 34.1 Å². The molecule has 0 bridgehead atoms. The van der Waals surface area contributed by atoms with Gasteiger partial charge in [0.15, 0.2) is 0 Å². The van der Waals surface area contributed by atoms with Gasteiger partial charge >= 0.3 is 5.97 Å². The summed E-state index contributed by atoms with van der Waals surface area (Å²) < 4.78 is 11.3. The molecule has 0 saturated carbocycles. The molecule has 0 N–H and O–H groups in total. The number of hydrogen-bond acceptors (Lipinski definition) is 4. The third-order valence-corrected chi connectivity index (χ3v) is 4.86. The Morgan fingerprint density at radius 1 is 1.35 bits per heavy atom. The van der Waals surface area contributed by atoms with Crippen molar-refractivity contribution in [3.05, 3.63) is 30.3 Å². The highest BCUT2D eigenvalue weighted by atomic mass is 32.2. The van der Waals surface area contributed by atoms with Gasteiger partial charge in [0.05, 0.1) is 12.2 Å². The van der Waals surface area contributed by atoms with Crippen LogP contribution >= 0.6 is 11.8 Å². The van der Waals surface area contributed by atoms with Gasteiger partial charge in [0.2, 0.25) is 0 Å². The number of rotatable bonds is 4. The molecule has 0 aromatic heterocycles. The third kappa shape index (κ3) is 3.76. The van der Waals surface area contributed by atoms with Gasteiger partial charge in [-0.1, -0.05) is 18.2 Å². The van der Waals surface area contributed by atoms with E-state index in [2.05, 4.69) is 26.0 Å². The maximum absolute atomic E-state index is 11.1. The lowest BCUT2D eigenvalue weighted by atomic mass is 10.0. The molecule has 0 radical (unpaired) electrons. The zero-order valence-electron chi connectivity index (χ0n) is 12.5. The molecule has 20 heavy (non-hydrogen) atoms. The predicted molar refractivity (Wildman–Crippen MR) is 80.9 cm³/mol. The average molecular weight is 294 g/mol. The summed E-state index contributed by atoms with van der Waals surface area (Å²) in [5, 5.41) is 0. The van der Waals surface area contributed by atoms with E-state index in [1.165, 1.54) is 11.8 Å². The molecule has 0 aliphatic carbocycles. The standard InChI is InChI=1S/C16H22O3S/c1-11-14(19-12(2)17)10-15(18-11)16(3,4)20-13-8-6-5-7-9-13/h5-9,11,14-15H,10H2,1-4H3/t11-,14+,15-/m1/s1. The molecule has 3 nitrogen and oxygen atoms in total. The van der Waals surface area contributed by atoms with Crippen molar-refractivity contribution < 1.29 is 14.3 Å². The number of benzene rings is 1. The lowest BCUT2D eigenvalue weighted by Crippen LogP contribution is -2.32. The Labute approximate surface area is 125 Å². The van der Waals surface area contributed by atoms with E-state index < -0.39 is 0 Å². The Kier molecular flexibility index (Phi) is 4.76. The monoisotopic (exact) mass is 294 g/mol. The Morgan fingerprint density at radius 3 is 2.60 bits per heavy atom. The zero-order valence-corrected chi connectivity index (χ0v) is 13.3. The summed E-state index contributed by atoms with van der Waals surface area (Å²) in [4.78, 5) is 12.3. The van der Waals surface area contributed by atoms with Crippen molar-refractivity contribution in [3.63, 3.8) is 0 Å². The number of hydrogen-bond donors (Lipinski definition) is 0. The molecule has 1 aliphatic heterocycles. The maximum Gasteiger partial charge on any atom is 0.302 e. The SMILES string of the molecule is CC(=O)O[C@H]1C[C@H](C(C)(C)Sc2ccccc2)O[C@@H]1C. The van der Waals surface area contributed by atoms with Gasteiger partial charge in [0.25, 0.3) is 0 Å². The van der Waals surface area contributed by atoms with E-state index in [4.69, 9.17) is 9.47 Å². The van der Waals surface area contributed by atoms with Crippen LogP contribution in [0.5, 0.6) is 0 Å². The Morgan fingerprint density at radius 2 is 2.00 bits per heavy atom. The summed E-state index contributed by atoms with van der Waals surface area (Å²) in [6.45, 7) is 7.77. The van der Waals surface area contributed by atoms with Gasteiger partial charge in [-0.2, -0.15) is 0 Å². The fourth-order valence-corrected chi connectivity index (χ4v) is 3.65. The van der Waals surface area contributed by atoms with E-state index in [9.17, 15) is 4.79 Å². The van der Waals surface area contributed by atoms with Crippen LogP contribution in [0.25, 0.3) is 0 Å². The molecular weight excluding hydrogens is 272 g/mol. The molecule has 1 aliphatic rings. The minimum absolute atomic E-state index is 0.0421. The first kappa shape index (κ1) is 15.4. The van der Waals surface area contributed by atoms with Crippen LogP contribution < -0.4 is 0 Å². The van der Waals surface area contributed by atoms with Crippen molar-refractivity contribution in [2.75, 3.05) is 0 Å². The van der Waals surface area contributed by atoms with E-state index >= 15 is 0 Å². The highest BCUT2D eigenvalue weighted by molar-refractivity contribution is 8.00. The Hall–Kier alpha value is -1.00. The molecule has 0 unspecified atom stereocenters. The lowest BCUT2D eigenvalue weighted by Gasteiger charge is -2.30. The van der Waals surface area contributed by atoms with Gasteiger partial charge in [-0.05, 0) is 32.9 Å². The summed E-state index contributed by atoms with van der Waals surface area (Å²) in [7, 11) is 0. The topological polar surface area (TPSA) is 35.5 Å². The summed E-state index contributed by atoms with van der Waals surface area (Å²) in [6.07, 6.45) is 0.660. The molecule has 4 heteroatoms. The van der Waals surface area contributed by atoms with Gasteiger partial charge in [0.1, 0.15) is 6.10 Å².